The van der Waals surface area contributed by atoms with Crippen molar-refractivity contribution in [1.29, 1.82) is 0 Å². The van der Waals surface area contributed by atoms with Gasteiger partial charge in [0.05, 0.1) is 6.20 Å². The zero-order valence-corrected chi connectivity index (χ0v) is 13.5. The maximum atomic E-state index is 4.46. The lowest BCUT2D eigenvalue weighted by Crippen LogP contribution is -2.02. The molecule has 3 rings (SSSR count). The van der Waals surface area contributed by atoms with Gasteiger partial charge in [0.2, 0.25) is 5.95 Å². The SMILES string of the molecule is Cc1cccc(Nc2cnnc(Nc3cc(C)cc(C)c3)n2)c1. The van der Waals surface area contributed by atoms with Crippen molar-refractivity contribution in [2.75, 3.05) is 10.6 Å². The Bertz CT molecular complexity index is 809. The van der Waals surface area contributed by atoms with Crippen LogP contribution < -0.4 is 10.6 Å². The van der Waals surface area contributed by atoms with E-state index in [4.69, 9.17) is 0 Å². The molecule has 0 bridgehead atoms. The van der Waals surface area contributed by atoms with E-state index < -0.39 is 0 Å². The van der Waals surface area contributed by atoms with Gasteiger partial charge in [0, 0.05) is 11.4 Å². The van der Waals surface area contributed by atoms with Crippen LogP contribution in [0, 0.1) is 20.8 Å². The first-order valence-electron chi connectivity index (χ1n) is 7.47. The van der Waals surface area contributed by atoms with Crippen molar-refractivity contribution >= 4 is 23.1 Å². The van der Waals surface area contributed by atoms with E-state index in [0.29, 0.717) is 11.8 Å². The highest BCUT2D eigenvalue weighted by Gasteiger charge is 2.03. The van der Waals surface area contributed by atoms with Gasteiger partial charge in [-0.15, -0.1) is 5.10 Å². The molecule has 0 atom stereocenters. The number of nitrogens with one attached hydrogen (secondary N) is 2. The van der Waals surface area contributed by atoms with E-state index in [1.165, 1.54) is 16.7 Å². The summed E-state index contributed by atoms with van der Waals surface area (Å²) in [5, 5.41) is 14.5. The summed E-state index contributed by atoms with van der Waals surface area (Å²) < 4.78 is 0. The van der Waals surface area contributed by atoms with Crippen molar-refractivity contribution in [2.45, 2.75) is 20.8 Å². The Morgan fingerprint density at radius 3 is 2.26 bits per heavy atom. The molecule has 0 radical (unpaired) electrons. The van der Waals surface area contributed by atoms with Gasteiger partial charge in [-0.05, 0) is 61.7 Å². The summed E-state index contributed by atoms with van der Waals surface area (Å²) in [4.78, 5) is 4.46. The molecule has 5 nitrogen and oxygen atoms in total. The fourth-order valence-electron chi connectivity index (χ4n) is 2.46. The molecule has 116 valence electrons. The Hall–Kier alpha value is -2.95. The van der Waals surface area contributed by atoms with E-state index in [2.05, 4.69) is 76.9 Å². The van der Waals surface area contributed by atoms with Gasteiger partial charge in [-0.25, -0.2) is 0 Å². The minimum atomic E-state index is 0.465. The molecule has 0 spiro atoms. The van der Waals surface area contributed by atoms with E-state index in [-0.39, 0.29) is 0 Å². The van der Waals surface area contributed by atoms with Crippen molar-refractivity contribution in [3.05, 3.63) is 65.4 Å². The minimum absolute atomic E-state index is 0.465. The van der Waals surface area contributed by atoms with Gasteiger partial charge in [-0.3, -0.25) is 0 Å². The Labute approximate surface area is 135 Å². The molecular weight excluding hydrogens is 286 g/mol. The maximum Gasteiger partial charge on any atom is 0.249 e. The topological polar surface area (TPSA) is 62.7 Å². The number of nitrogens with zero attached hydrogens (tertiary/aromatic N) is 3. The van der Waals surface area contributed by atoms with Gasteiger partial charge in [0.15, 0.2) is 5.82 Å². The Morgan fingerprint density at radius 2 is 1.52 bits per heavy atom. The second-order valence-electron chi connectivity index (χ2n) is 5.66. The third kappa shape index (κ3) is 4.03. The number of hydrogen-bond donors (Lipinski definition) is 2. The molecule has 0 fully saturated rings. The van der Waals surface area contributed by atoms with Crippen LogP contribution in [0.3, 0.4) is 0 Å². The Balaban J connectivity index is 1.79. The molecule has 2 aromatic carbocycles. The van der Waals surface area contributed by atoms with Crippen LogP contribution >= 0.6 is 0 Å². The van der Waals surface area contributed by atoms with Crippen LogP contribution in [-0.2, 0) is 0 Å². The lowest BCUT2D eigenvalue weighted by molar-refractivity contribution is 0.982. The van der Waals surface area contributed by atoms with Crippen LogP contribution in [-0.4, -0.2) is 15.2 Å². The molecule has 0 unspecified atom stereocenters. The summed E-state index contributed by atoms with van der Waals surface area (Å²) in [5.41, 5.74) is 5.49. The maximum absolute atomic E-state index is 4.46. The number of hydrogen-bond acceptors (Lipinski definition) is 5. The lowest BCUT2D eigenvalue weighted by atomic mass is 10.1. The molecule has 0 saturated heterocycles. The normalized spacial score (nSPS) is 10.4. The monoisotopic (exact) mass is 305 g/mol. The van der Waals surface area contributed by atoms with Crippen LogP contribution in [0.5, 0.6) is 0 Å². The number of aryl methyl sites for hydroxylation is 3. The van der Waals surface area contributed by atoms with Crippen molar-refractivity contribution in [3.8, 4) is 0 Å². The lowest BCUT2D eigenvalue weighted by Gasteiger charge is -2.09. The summed E-state index contributed by atoms with van der Waals surface area (Å²) in [6, 6.07) is 14.3. The average Bonchev–Trinajstić information content (AvgIpc) is 2.46. The number of benzene rings is 2. The molecule has 0 amide bonds. The zero-order valence-electron chi connectivity index (χ0n) is 13.5. The fourth-order valence-corrected chi connectivity index (χ4v) is 2.46. The largest absolute Gasteiger partial charge is 0.339 e. The molecule has 23 heavy (non-hydrogen) atoms. The molecule has 2 N–H and O–H groups in total. The van der Waals surface area contributed by atoms with Crippen molar-refractivity contribution < 1.29 is 0 Å². The summed E-state index contributed by atoms with van der Waals surface area (Å²) in [6.07, 6.45) is 1.61. The first-order chi connectivity index (χ1) is 11.1. The summed E-state index contributed by atoms with van der Waals surface area (Å²) >= 11 is 0. The number of anilines is 4. The molecule has 3 aromatic rings. The van der Waals surface area contributed by atoms with Crippen LogP contribution in [0.15, 0.2) is 48.7 Å². The van der Waals surface area contributed by atoms with Gasteiger partial charge in [0.1, 0.15) is 0 Å². The molecule has 0 aliphatic carbocycles. The average molecular weight is 305 g/mol. The van der Waals surface area contributed by atoms with Gasteiger partial charge >= 0.3 is 0 Å². The fraction of sp³-hybridized carbons (Fsp3) is 0.167. The second-order valence-corrected chi connectivity index (χ2v) is 5.66. The van der Waals surface area contributed by atoms with Crippen LogP contribution in [0.4, 0.5) is 23.1 Å². The van der Waals surface area contributed by atoms with Crippen LogP contribution in [0.2, 0.25) is 0 Å². The van der Waals surface area contributed by atoms with Crippen LogP contribution in [0.1, 0.15) is 16.7 Å². The van der Waals surface area contributed by atoms with Gasteiger partial charge in [0.25, 0.3) is 0 Å². The predicted molar refractivity (Wildman–Crippen MR) is 93.5 cm³/mol. The summed E-state index contributed by atoms with van der Waals surface area (Å²) in [5.74, 6) is 1.12. The van der Waals surface area contributed by atoms with Crippen LogP contribution in [0.25, 0.3) is 0 Å². The summed E-state index contributed by atoms with van der Waals surface area (Å²) in [7, 11) is 0. The predicted octanol–water partition coefficient (Wildman–Crippen LogP) is 4.28. The van der Waals surface area contributed by atoms with Gasteiger partial charge < -0.3 is 10.6 Å². The minimum Gasteiger partial charge on any atom is -0.339 e. The first kappa shape index (κ1) is 15.0. The second kappa shape index (κ2) is 6.44. The molecule has 0 saturated carbocycles. The van der Waals surface area contributed by atoms with Crippen molar-refractivity contribution in [2.24, 2.45) is 0 Å². The standard InChI is InChI=1S/C18H19N5/c1-12-5-4-6-15(8-12)20-17-11-19-23-18(22-17)21-16-9-13(2)7-14(3)10-16/h4-11H,1-3H3,(H2,20,21,22,23). The molecule has 1 aromatic heterocycles. The molecule has 0 aliphatic rings. The zero-order chi connectivity index (χ0) is 16.2. The summed E-state index contributed by atoms with van der Waals surface area (Å²) in [6.45, 7) is 6.18. The smallest absolute Gasteiger partial charge is 0.249 e. The van der Waals surface area contributed by atoms with E-state index in [0.717, 1.165) is 11.4 Å². The molecule has 1 heterocycles. The van der Waals surface area contributed by atoms with E-state index in [9.17, 15) is 0 Å². The van der Waals surface area contributed by atoms with Crippen molar-refractivity contribution in [3.63, 3.8) is 0 Å². The molecule has 5 heteroatoms. The third-order valence-electron chi connectivity index (χ3n) is 3.33. The number of rotatable bonds is 4. The molecule has 0 aliphatic heterocycles. The Kier molecular flexibility index (Phi) is 4.19. The highest BCUT2D eigenvalue weighted by Crippen LogP contribution is 2.19. The molecular formula is C18H19N5. The van der Waals surface area contributed by atoms with Gasteiger partial charge in [-0.2, -0.15) is 10.1 Å². The third-order valence-corrected chi connectivity index (χ3v) is 3.33. The van der Waals surface area contributed by atoms with E-state index in [1.807, 2.05) is 12.1 Å². The first-order valence-corrected chi connectivity index (χ1v) is 7.47. The highest BCUT2D eigenvalue weighted by molar-refractivity contribution is 5.60. The van der Waals surface area contributed by atoms with Gasteiger partial charge in [-0.1, -0.05) is 18.2 Å². The highest BCUT2D eigenvalue weighted by atomic mass is 15.3. The Morgan fingerprint density at radius 1 is 0.783 bits per heavy atom. The van der Waals surface area contributed by atoms with E-state index in [1.54, 1.807) is 6.20 Å². The quantitative estimate of drug-likeness (QED) is 0.753. The van der Waals surface area contributed by atoms with Crippen molar-refractivity contribution in [1.82, 2.24) is 15.2 Å². The number of aromatic nitrogens is 3. The van der Waals surface area contributed by atoms with E-state index >= 15 is 0 Å².